The van der Waals surface area contributed by atoms with Crippen molar-refractivity contribution in [2.45, 2.75) is 63.9 Å². The van der Waals surface area contributed by atoms with Crippen LogP contribution in [-0.2, 0) is 27.5 Å². The molecule has 6 rings (SSSR count). The summed E-state index contributed by atoms with van der Waals surface area (Å²) in [7, 11) is 1.66. The maximum absolute atomic E-state index is 14.5. The van der Waals surface area contributed by atoms with E-state index in [1.165, 1.54) is 0 Å². The molecule has 1 saturated carbocycles. The predicted octanol–water partition coefficient (Wildman–Crippen LogP) is 5.87. The molecule has 3 aromatic carbocycles. The minimum absolute atomic E-state index is 0.0345. The fraction of sp³-hybridized carbons (Fsp3) is 0.405. The zero-order chi connectivity index (χ0) is 32.0. The highest BCUT2D eigenvalue weighted by Crippen LogP contribution is 2.38. The number of hydrogen-bond donors (Lipinski definition) is 1. The van der Waals surface area contributed by atoms with Gasteiger partial charge in [-0.05, 0) is 66.3 Å². The first kappa shape index (κ1) is 32.1. The smallest absolute Gasteiger partial charge is 0.252 e. The molecule has 0 radical (unpaired) electrons. The van der Waals surface area contributed by atoms with Gasteiger partial charge in [-0.2, -0.15) is 0 Å². The molecule has 3 aliphatic rings. The molecule has 1 saturated heterocycles. The molecule has 1 aliphatic carbocycles. The molecule has 1 N–H and O–H groups in total. The Kier molecular flexibility index (Phi) is 10.3. The fourth-order valence-corrected chi connectivity index (χ4v) is 6.68. The van der Waals surface area contributed by atoms with Gasteiger partial charge in [0, 0.05) is 61.2 Å². The molecule has 0 spiro atoms. The largest absolute Gasteiger partial charge is 0.496 e. The lowest BCUT2D eigenvalue weighted by molar-refractivity contribution is -0.132. The molecule has 242 valence electrons. The van der Waals surface area contributed by atoms with Crippen molar-refractivity contribution >= 4 is 29.0 Å². The molecule has 2 bridgehead atoms. The standard InChI is InChI=1S/C37H42ClN3O5/c1-25(42)40-22-30-20-33(27-11-15-32(16-12-27)46-18-6-17-45-24-28-8-3-4-10-35(28)44-2)36(34(23-40)39-30)37(43)41(31-13-14-31)21-26-7-5-9-29(38)19-26/h3-5,7-12,15-16,19,30-31,34,39H,6,13-14,17-18,20-24H2,1-2H3/t30-,34-/m1/s1. The van der Waals surface area contributed by atoms with Gasteiger partial charge in [0.1, 0.15) is 11.5 Å². The van der Waals surface area contributed by atoms with Gasteiger partial charge in [-0.1, -0.05) is 54.1 Å². The first-order valence-corrected chi connectivity index (χ1v) is 16.5. The highest BCUT2D eigenvalue weighted by atomic mass is 35.5. The van der Waals surface area contributed by atoms with E-state index < -0.39 is 0 Å². The van der Waals surface area contributed by atoms with Crippen LogP contribution in [0.2, 0.25) is 5.02 Å². The van der Waals surface area contributed by atoms with E-state index in [1.54, 1.807) is 14.0 Å². The lowest BCUT2D eigenvalue weighted by atomic mass is 9.82. The number of rotatable bonds is 13. The van der Waals surface area contributed by atoms with E-state index in [1.807, 2.05) is 70.5 Å². The third-order valence-corrected chi connectivity index (χ3v) is 9.16. The summed E-state index contributed by atoms with van der Waals surface area (Å²) in [4.78, 5) is 30.8. The summed E-state index contributed by atoms with van der Waals surface area (Å²) >= 11 is 6.29. The first-order chi connectivity index (χ1) is 22.4. The molecule has 9 heteroatoms. The van der Waals surface area contributed by atoms with Gasteiger partial charge in [-0.15, -0.1) is 0 Å². The van der Waals surface area contributed by atoms with Gasteiger partial charge >= 0.3 is 0 Å². The van der Waals surface area contributed by atoms with E-state index in [0.717, 1.165) is 58.6 Å². The molecule has 46 heavy (non-hydrogen) atoms. The number of carbonyl (C=O) groups is 2. The van der Waals surface area contributed by atoms with Crippen LogP contribution in [0.1, 0.15) is 49.3 Å². The van der Waals surface area contributed by atoms with Crippen LogP contribution >= 0.6 is 11.6 Å². The molecule has 3 aromatic rings. The number of benzene rings is 3. The third kappa shape index (κ3) is 7.74. The van der Waals surface area contributed by atoms with Crippen molar-refractivity contribution < 1.29 is 23.8 Å². The molecule has 2 heterocycles. The Balaban J connectivity index is 1.15. The molecule has 2 amide bonds. The number of hydrogen-bond acceptors (Lipinski definition) is 6. The Morgan fingerprint density at radius 3 is 2.54 bits per heavy atom. The second-order valence-corrected chi connectivity index (χ2v) is 12.8. The SMILES string of the molecule is COc1ccccc1COCCCOc1ccc(C2=C(C(=O)N(Cc3cccc(Cl)c3)C3CC3)[C@H]3CN(C(C)=O)C[C@@H](C2)N3)cc1. The zero-order valence-electron chi connectivity index (χ0n) is 26.5. The van der Waals surface area contributed by atoms with Crippen molar-refractivity contribution in [2.75, 3.05) is 33.4 Å². The van der Waals surface area contributed by atoms with E-state index in [2.05, 4.69) is 17.4 Å². The molecule has 8 nitrogen and oxygen atoms in total. The maximum atomic E-state index is 14.5. The number of nitrogens with zero attached hydrogens (tertiary/aromatic N) is 2. The predicted molar refractivity (Wildman–Crippen MR) is 179 cm³/mol. The van der Waals surface area contributed by atoms with Gasteiger partial charge < -0.3 is 29.3 Å². The second kappa shape index (κ2) is 14.7. The second-order valence-electron chi connectivity index (χ2n) is 12.3. The van der Waals surface area contributed by atoms with Crippen molar-refractivity contribution in [1.82, 2.24) is 15.1 Å². The van der Waals surface area contributed by atoms with Crippen molar-refractivity contribution in [3.63, 3.8) is 0 Å². The van der Waals surface area contributed by atoms with Crippen LogP contribution in [0.3, 0.4) is 0 Å². The number of halogens is 1. The topological polar surface area (TPSA) is 80.3 Å². The number of ether oxygens (including phenoxy) is 3. The van der Waals surface area contributed by atoms with E-state index >= 15 is 0 Å². The summed E-state index contributed by atoms with van der Waals surface area (Å²) in [6, 6.07) is 23.7. The minimum atomic E-state index is -0.230. The van der Waals surface area contributed by atoms with Crippen LogP contribution < -0.4 is 14.8 Å². The monoisotopic (exact) mass is 643 g/mol. The van der Waals surface area contributed by atoms with Crippen LogP contribution in [0, 0.1) is 0 Å². The molecular weight excluding hydrogens is 602 g/mol. The van der Waals surface area contributed by atoms with Crippen LogP contribution in [0.4, 0.5) is 0 Å². The summed E-state index contributed by atoms with van der Waals surface area (Å²) in [5.41, 5.74) is 4.86. The Morgan fingerprint density at radius 2 is 1.80 bits per heavy atom. The van der Waals surface area contributed by atoms with Crippen molar-refractivity contribution in [3.05, 3.63) is 100 Å². The van der Waals surface area contributed by atoms with Gasteiger partial charge in [-0.3, -0.25) is 9.59 Å². The number of nitrogens with one attached hydrogen (secondary N) is 1. The van der Waals surface area contributed by atoms with Gasteiger partial charge in [0.2, 0.25) is 5.91 Å². The summed E-state index contributed by atoms with van der Waals surface area (Å²) < 4.78 is 17.3. The molecule has 2 fully saturated rings. The Labute approximate surface area is 276 Å². The van der Waals surface area contributed by atoms with Crippen molar-refractivity contribution in [2.24, 2.45) is 0 Å². The normalized spacial score (nSPS) is 19.2. The summed E-state index contributed by atoms with van der Waals surface area (Å²) in [5.74, 6) is 1.68. The molecule has 0 unspecified atom stereocenters. The van der Waals surface area contributed by atoms with Crippen LogP contribution in [0.15, 0.2) is 78.4 Å². The first-order valence-electron chi connectivity index (χ1n) is 16.1. The highest BCUT2D eigenvalue weighted by molar-refractivity contribution is 6.30. The number of para-hydroxylation sites is 1. The van der Waals surface area contributed by atoms with E-state index in [0.29, 0.717) is 50.9 Å². The molecule has 2 atom stereocenters. The number of piperazine rings is 1. The zero-order valence-corrected chi connectivity index (χ0v) is 27.3. The molecule has 0 aromatic heterocycles. The van der Waals surface area contributed by atoms with Crippen LogP contribution in [-0.4, -0.2) is 73.2 Å². The highest BCUT2D eigenvalue weighted by Gasteiger charge is 2.43. The average Bonchev–Trinajstić information content (AvgIpc) is 3.91. The summed E-state index contributed by atoms with van der Waals surface area (Å²) in [6.45, 7) is 4.82. The number of amides is 2. The fourth-order valence-electron chi connectivity index (χ4n) is 6.47. The van der Waals surface area contributed by atoms with Gasteiger partial charge in [0.15, 0.2) is 0 Å². The third-order valence-electron chi connectivity index (χ3n) is 8.93. The molecular formula is C37H42ClN3O5. The Bertz CT molecular complexity index is 1570. The quantitative estimate of drug-likeness (QED) is 0.235. The van der Waals surface area contributed by atoms with Crippen molar-refractivity contribution in [3.8, 4) is 11.5 Å². The number of fused-ring (bicyclic) bond motifs is 2. The van der Waals surface area contributed by atoms with E-state index in [4.69, 9.17) is 25.8 Å². The summed E-state index contributed by atoms with van der Waals surface area (Å²) in [6.07, 6.45) is 3.41. The minimum Gasteiger partial charge on any atom is -0.496 e. The van der Waals surface area contributed by atoms with E-state index in [9.17, 15) is 9.59 Å². The maximum Gasteiger partial charge on any atom is 0.252 e. The lowest BCUT2D eigenvalue weighted by Gasteiger charge is -2.44. The van der Waals surface area contributed by atoms with Crippen LogP contribution in [0.5, 0.6) is 11.5 Å². The number of carbonyl (C=O) groups excluding carboxylic acids is 2. The Hall–Kier alpha value is -3.85. The van der Waals surface area contributed by atoms with E-state index in [-0.39, 0.29) is 29.9 Å². The van der Waals surface area contributed by atoms with Gasteiger partial charge in [-0.25, -0.2) is 0 Å². The average molecular weight is 644 g/mol. The van der Waals surface area contributed by atoms with Crippen molar-refractivity contribution in [1.29, 1.82) is 0 Å². The molecule has 2 aliphatic heterocycles. The Morgan fingerprint density at radius 1 is 1.00 bits per heavy atom. The summed E-state index contributed by atoms with van der Waals surface area (Å²) in [5, 5.41) is 4.33. The lowest BCUT2D eigenvalue weighted by Crippen LogP contribution is -2.61. The van der Waals surface area contributed by atoms with Crippen LogP contribution in [0.25, 0.3) is 5.57 Å². The number of methoxy groups -OCH3 is 1. The van der Waals surface area contributed by atoms with Gasteiger partial charge in [0.05, 0.1) is 33.0 Å². The van der Waals surface area contributed by atoms with Gasteiger partial charge in [0.25, 0.3) is 5.91 Å².